The Morgan fingerprint density at radius 3 is 2.36 bits per heavy atom. The number of nitriles is 1. The summed E-state index contributed by atoms with van der Waals surface area (Å²) >= 11 is 0. The van der Waals surface area contributed by atoms with Gasteiger partial charge >= 0.3 is 0 Å². The number of rotatable bonds is 4. The molecular weight excluding hydrogens is 162 g/mol. The molecule has 0 radical (unpaired) electrons. The van der Waals surface area contributed by atoms with Gasteiger partial charge in [-0.2, -0.15) is 5.26 Å². The molecule has 64 valence electrons. The molecule has 0 atom stereocenters. The van der Waals surface area contributed by atoms with Crippen molar-refractivity contribution in [3.63, 3.8) is 0 Å². The maximum atomic E-state index is 10.9. The molecule has 0 aromatic rings. The van der Waals surface area contributed by atoms with Crippen LogP contribution in [0.15, 0.2) is 0 Å². The van der Waals surface area contributed by atoms with E-state index >= 15 is 0 Å². The Hall–Kier alpha value is -0.560. The summed E-state index contributed by atoms with van der Waals surface area (Å²) < 4.78 is 21.8. The maximum absolute atomic E-state index is 10.9. The van der Waals surface area contributed by atoms with Crippen LogP contribution in [0.5, 0.6) is 0 Å². The number of sulfone groups is 1. The molecule has 0 bridgehead atoms. The third kappa shape index (κ3) is 5.86. The highest BCUT2D eigenvalue weighted by atomic mass is 32.2. The molecule has 3 nitrogen and oxygen atoms in total. The molecule has 0 spiro atoms. The van der Waals surface area contributed by atoms with E-state index in [0.717, 1.165) is 0 Å². The SMILES string of the molecule is CC(C)CCS(=O)(=O)CC#N. The van der Waals surface area contributed by atoms with Gasteiger partial charge in [-0.25, -0.2) is 8.42 Å². The molecule has 0 aliphatic carbocycles. The highest BCUT2D eigenvalue weighted by molar-refractivity contribution is 7.91. The maximum Gasteiger partial charge on any atom is 0.163 e. The smallest absolute Gasteiger partial charge is 0.163 e. The van der Waals surface area contributed by atoms with Crippen molar-refractivity contribution >= 4 is 9.84 Å². The van der Waals surface area contributed by atoms with E-state index in [-0.39, 0.29) is 11.5 Å². The van der Waals surface area contributed by atoms with Gasteiger partial charge in [-0.15, -0.1) is 0 Å². The minimum atomic E-state index is -3.09. The number of hydrogen-bond donors (Lipinski definition) is 0. The van der Waals surface area contributed by atoms with E-state index in [1.807, 2.05) is 13.8 Å². The van der Waals surface area contributed by atoms with Gasteiger partial charge < -0.3 is 0 Å². The Labute approximate surface area is 67.9 Å². The van der Waals surface area contributed by atoms with E-state index in [9.17, 15) is 8.42 Å². The second-order valence-corrected chi connectivity index (χ2v) is 5.12. The Bertz CT molecular complexity index is 236. The van der Waals surface area contributed by atoms with E-state index in [4.69, 9.17) is 5.26 Å². The van der Waals surface area contributed by atoms with Crippen LogP contribution < -0.4 is 0 Å². The molecule has 0 saturated carbocycles. The van der Waals surface area contributed by atoms with E-state index in [1.54, 1.807) is 6.07 Å². The van der Waals surface area contributed by atoms with Gasteiger partial charge in [0, 0.05) is 0 Å². The minimum absolute atomic E-state index is 0.137. The van der Waals surface area contributed by atoms with Crippen molar-refractivity contribution in [1.29, 1.82) is 5.26 Å². The minimum Gasteiger partial charge on any atom is -0.228 e. The molecular formula is C7H13NO2S. The first-order valence-corrected chi connectivity index (χ1v) is 5.37. The normalized spacial score (nSPS) is 11.5. The summed E-state index contributed by atoms with van der Waals surface area (Å²) in [7, 11) is -3.09. The van der Waals surface area contributed by atoms with Crippen LogP contribution >= 0.6 is 0 Å². The lowest BCUT2D eigenvalue weighted by molar-refractivity contribution is 0.576. The van der Waals surface area contributed by atoms with Crippen LogP contribution in [-0.4, -0.2) is 19.9 Å². The molecule has 0 aromatic carbocycles. The molecule has 0 aliphatic heterocycles. The first kappa shape index (κ1) is 10.4. The summed E-state index contributed by atoms with van der Waals surface area (Å²) in [6.45, 7) is 3.92. The molecule has 0 aliphatic rings. The molecule has 0 amide bonds. The van der Waals surface area contributed by atoms with Crippen molar-refractivity contribution in [3.8, 4) is 6.07 Å². The van der Waals surface area contributed by atoms with Gasteiger partial charge in [-0.05, 0) is 12.3 Å². The molecule has 0 fully saturated rings. The van der Waals surface area contributed by atoms with Gasteiger partial charge in [0.25, 0.3) is 0 Å². The zero-order valence-corrected chi connectivity index (χ0v) is 7.69. The number of hydrogen-bond acceptors (Lipinski definition) is 3. The fraction of sp³-hybridized carbons (Fsp3) is 0.857. The monoisotopic (exact) mass is 175 g/mol. The van der Waals surface area contributed by atoms with Gasteiger partial charge in [0.2, 0.25) is 0 Å². The summed E-state index contributed by atoms with van der Waals surface area (Å²) in [5.41, 5.74) is 0. The van der Waals surface area contributed by atoms with Gasteiger partial charge in [0.1, 0.15) is 5.75 Å². The summed E-state index contributed by atoms with van der Waals surface area (Å²) in [4.78, 5) is 0. The van der Waals surface area contributed by atoms with Crippen molar-refractivity contribution in [2.75, 3.05) is 11.5 Å². The van der Waals surface area contributed by atoms with Crippen LogP contribution in [0.2, 0.25) is 0 Å². The first-order chi connectivity index (χ1) is 4.98. The van der Waals surface area contributed by atoms with E-state index in [1.165, 1.54) is 0 Å². The topological polar surface area (TPSA) is 57.9 Å². The predicted octanol–water partition coefficient (Wildman–Crippen LogP) is 0.971. The van der Waals surface area contributed by atoms with Crippen molar-refractivity contribution in [2.24, 2.45) is 5.92 Å². The fourth-order valence-electron chi connectivity index (χ4n) is 0.586. The summed E-state index contributed by atoms with van der Waals surface area (Å²) in [6.07, 6.45) is 0.643. The highest BCUT2D eigenvalue weighted by Gasteiger charge is 2.09. The molecule has 0 unspecified atom stereocenters. The van der Waals surface area contributed by atoms with Crippen molar-refractivity contribution in [2.45, 2.75) is 20.3 Å². The third-order valence-electron chi connectivity index (χ3n) is 1.29. The largest absolute Gasteiger partial charge is 0.228 e. The van der Waals surface area contributed by atoms with Crippen LogP contribution in [0.25, 0.3) is 0 Å². The Morgan fingerprint density at radius 2 is 2.00 bits per heavy atom. The number of nitrogens with zero attached hydrogens (tertiary/aromatic N) is 1. The Kier molecular flexibility index (Phi) is 4.12. The molecule has 0 heterocycles. The third-order valence-corrected chi connectivity index (χ3v) is 2.72. The van der Waals surface area contributed by atoms with Crippen molar-refractivity contribution in [1.82, 2.24) is 0 Å². The van der Waals surface area contributed by atoms with Crippen LogP contribution in [0.4, 0.5) is 0 Å². The van der Waals surface area contributed by atoms with E-state index < -0.39 is 9.84 Å². The van der Waals surface area contributed by atoms with Crippen LogP contribution in [0.3, 0.4) is 0 Å². The highest BCUT2D eigenvalue weighted by Crippen LogP contribution is 2.02. The lowest BCUT2D eigenvalue weighted by Gasteiger charge is -2.02. The second-order valence-electron chi connectivity index (χ2n) is 2.93. The molecule has 0 saturated heterocycles. The Balaban J connectivity index is 3.87. The zero-order chi connectivity index (χ0) is 8.91. The molecule has 4 heteroatoms. The molecule has 0 aromatic heterocycles. The second kappa shape index (κ2) is 4.35. The van der Waals surface area contributed by atoms with Crippen LogP contribution in [0, 0.1) is 17.2 Å². The standard InChI is InChI=1S/C7H13NO2S/c1-7(2)3-5-11(9,10)6-4-8/h7H,3,5-6H2,1-2H3. The van der Waals surface area contributed by atoms with Crippen LogP contribution in [-0.2, 0) is 9.84 Å². The lowest BCUT2D eigenvalue weighted by atomic mass is 10.2. The average Bonchev–Trinajstić information content (AvgIpc) is 1.84. The summed E-state index contributed by atoms with van der Waals surface area (Å²) in [6, 6.07) is 1.64. The first-order valence-electron chi connectivity index (χ1n) is 3.55. The van der Waals surface area contributed by atoms with Crippen LogP contribution in [0.1, 0.15) is 20.3 Å². The van der Waals surface area contributed by atoms with Gasteiger partial charge in [0.15, 0.2) is 9.84 Å². The van der Waals surface area contributed by atoms with E-state index in [0.29, 0.717) is 12.3 Å². The van der Waals surface area contributed by atoms with E-state index in [2.05, 4.69) is 0 Å². The summed E-state index contributed by atoms with van der Waals surface area (Å²) in [5.74, 6) is 0.168. The molecule has 0 N–H and O–H groups in total. The van der Waals surface area contributed by atoms with Gasteiger partial charge in [-0.1, -0.05) is 13.8 Å². The fourth-order valence-corrected chi connectivity index (χ4v) is 1.76. The average molecular weight is 175 g/mol. The Morgan fingerprint density at radius 1 is 1.45 bits per heavy atom. The van der Waals surface area contributed by atoms with Crippen molar-refractivity contribution < 1.29 is 8.42 Å². The van der Waals surface area contributed by atoms with Gasteiger partial charge in [0.05, 0.1) is 11.8 Å². The quantitative estimate of drug-likeness (QED) is 0.639. The summed E-state index contributed by atoms with van der Waals surface area (Å²) in [5, 5.41) is 8.14. The predicted molar refractivity (Wildman–Crippen MR) is 43.7 cm³/mol. The van der Waals surface area contributed by atoms with Gasteiger partial charge in [-0.3, -0.25) is 0 Å². The zero-order valence-electron chi connectivity index (χ0n) is 6.87. The molecule has 0 rings (SSSR count). The lowest BCUT2D eigenvalue weighted by Crippen LogP contribution is -2.11. The molecule has 11 heavy (non-hydrogen) atoms. The van der Waals surface area contributed by atoms with Crippen molar-refractivity contribution in [3.05, 3.63) is 0 Å².